The Morgan fingerprint density at radius 1 is 1.47 bits per heavy atom. The van der Waals surface area contributed by atoms with Gasteiger partial charge in [0.25, 0.3) is 0 Å². The van der Waals surface area contributed by atoms with Gasteiger partial charge in [-0.2, -0.15) is 0 Å². The quantitative estimate of drug-likeness (QED) is 0.797. The lowest BCUT2D eigenvalue weighted by Crippen LogP contribution is -2.58. The molecule has 0 aromatic rings. The topological polar surface area (TPSA) is 61.4 Å². The molecule has 0 aliphatic carbocycles. The summed E-state index contributed by atoms with van der Waals surface area (Å²) < 4.78 is 0. The third kappa shape index (κ3) is 4.49. The van der Waals surface area contributed by atoms with Gasteiger partial charge in [-0.15, -0.1) is 0 Å². The van der Waals surface area contributed by atoms with E-state index in [-0.39, 0.29) is 23.4 Å². The highest BCUT2D eigenvalue weighted by atomic mass is 16.2. The molecular formula is C14H27N3O2. The van der Waals surface area contributed by atoms with Gasteiger partial charge in [-0.3, -0.25) is 9.59 Å². The summed E-state index contributed by atoms with van der Waals surface area (Å²) in [5, 5.41) is 6.11. The van der Waals surface area contributed by atoms with Gasteiger partial charge >= 0.3 is 0 Å². The highest BCUT2D eigenvalue weighted by Crippen LogP contribution is 2.15. The van der Waals surface area contributed by atoms with Crippen LogP contribution in [0, 0.1) is 0 Å². The summed E-state index contributed by atoms with van der Waals surface area (Å²) in [5.74, 6) is -0.0392. The van der Waals surface area contributed by atoms with E-state index in [0.29, 0.717) is 6.54 Å². The number of likely N-dealkylation sites (tertiary alicyclic amines) is 1. The Balaban J connectivity index is 2.67. The van der Waals surface area contributed by atoms with E-state index in [2.05, 4.69) is 10.6 Å². The molecule has 0 saturated carbocycles. The van der Waals surface area contributed by atoms with E-state index in [1.807, 2.05) is 27.7 Å². The minimum atomic E-state index is -0.409. The van der Waals surface area contributed by atoms with E-state index in [1.165, 1.54) is 0 Å². The van der Waals surface area contributed by atoms with Gasteiger partial charge in [-0.05, 0) is 47.1 Å². The number of likely N-dealkylation sites (N-methyl/N-ethyl adjacent to an activating group) is 1. The number of piperidine rings is 1. The summed E-state index contributed by atoms with van der Waals surface area (Å²) in [7, 11) is 0. The first-order valence-corrected chi connectivity index (χ1v) is 7.12. The average Bonchev–Trinajstić information content (AvgIpc) is 2.29. The molecule has 0 bridgehead atoms. The summed E-state index contributed by atoms with van der Waals surface area (Å²) in [5.41, 5.74) is -0.273. The van der Waals surface area contributed by atoms with Crippen LogP contribution in [-0.4, -0.2) is 47.4 Å². The summed E-state index contributed by atoms with van der Waals surface area (Å²) in [6.07, 6.45) is 1.80. The molecule has 0 spiro atoms. The van der Waals surface area contributed by atoms with Gasteiger partial charge in [0.05, 0.1) is 6.04 Å². The maximum absolute atomic E-state index is 12.3. The van der Waals surface area contributed by atoms with Gasteiger partial charge in [0.15, 0.2) is 0 Å². The largest absolute Gasteiger partial charge is 0.350 e. The zero-order chi connectivity index (χ0) is 14.6. The Morgan fingerprint density at radius 2 is 2.11 bits per heavy atom. The average molecular weight is 269 g/mol. The monoisotopic (exact) mass is 269 g/mol. The summed E-state index contributed by atoms with van der Waals surface area (Å²) in [6, 6.07) is -0.545. The SMILES string of the molecule is CCNC1CCCN(C(C)C(=O)NC(C)(C)C)C1=O. The fourth-order valence-corrected chi connectivity index (χ4v) is 2.34. The highest BCUT2D eigenvalue weighted by Gasteiger charge is 2.34. The Bertz CT molecular complexity index is 334. The van der Waals surface area contributed by atoms with E-state index in [0.717, 1.165) is 19.4 Å². The molecule has 19 heavy (non-hydrogen) atoms. The number of nitrogens with one attached hydrogen (secondary N) is 2. The van der Waals surface area contributed by atoms with Crippen molar-refractivity contribution in [2.45, 2.75) is 65.1 Å². The maximum atomic E-state index is 12.3. The lowest BCUT2D eigenvalue weighted by atomic mass is 10.0. The van der Waals surface area contributed by atoms with Crippen molar-refractivity contribution in [2.24, 2.45) is 0 Å². The van der Waals surface area contributed by atoms with E-state index < -0.39 is 6.04 Å². The fourth-order valence-electron chi connectivity index (χ4n) is 2.34. The number of carbonyl (C=O) groups is 2. The van der Waals surface area contributed by atoms with Crippen LogP contribution in [0.2, 0.25) is 0 Å². The van der Waals surface area contributed by atoms with Crippen molar-refractivity contribution in [3.8, 4) is 0 Å². The predicted octanol–water partition coefficient (Wildman–Crippen LogP) is 0.890. The van der Waals surface area contributed by atoms with Crippen LogP contribution < -0.4 is 10.6 Å². The molecule has 0 aromatic carbocycles. The van der Waals surface area contributed by atoms with Crippen LogP contribution in [0.1, 0.15) is 47.5 Å². The third-order valence-electron chi connectivity index (χ3n) is 3.27. The number of rotatable bonds is 4. The molecule has 5 heteroatoms. The van der Waals surface area contributed by atoms with Crippen LogP contribution in [0.5, 0.6) is 0 Å². The number of nitrogens with zero attached hydrogens (tertiary/aromatic N) is 1. The molecular weight excluding hydrogens is 242 g/mol. The smallest absolute Gasteiger partial charge is 0.242 e. The minimum Gasteiger partial charge on any atom is -0.350 e. The van der Waals surface area contributed by atoms with E-state index in [4.69, 9.17) is 0 Å². The number of hydrogen-bond acceptors (Lipinski definition) is 3. The summed E-state index contributed by atoms with van der Waals surface area (Å²) in [4.78, 5) is 26.1. The fraction of sp³-hybridized carbons (Fsp3) is 0.857. The van der Waals surface area contributed by atoms with Gasteiger partial charge < -0.3 is 15.5 Å². The van der Waals surface area contributed by atoms with E-state index in [9.17, 15) is 9.59 Å². The number of carbonyl (C=O) groups excluding carboxylic acids is 2. The minimum absolute atomic E-state index is 0.0460. The van der Waals surface area contributed by atoms with Gasteiger partial charge in [0.1, 0.15) is 6.04 Å². The van der Waals surface area contributed by atoms with Crippen LogP contribution in [0.15, 0.2) is 0 Å². The summed E-state index contributed by atoms with van der Waals surface area (Å²) in [6.45, 7) is 11.0. The summed E-state index contributed by atoms with van der Waals surface area (Å²) >= 11 is 0. The molecule has 1 saturated heterocycles. The first-order chi connectivity index (χ1) is 8.76. The van der Waals surface area contributed by atoms with Crippen LogP contribution in [0.25, 0.3) is 0 Å². The second-order valence-electron chi connectivity index (χ2n) is 6.20. The normalized spacial score (nSPS) is 22.3. The molecule has 1 aliphatic rings. The molecule has 5 nitrogen and oxygen atoms in total. The Morgan fingerprint density at radius 3 is 2.63 bits per heavy atom. The van der Waals surface area contributed by atoms with Crippen molar-refractivity contribution in [3.05, 3.63) is 0 Å². The first kappa shape index (κ1) is 16.0. The molecule has 1 aliphatic heterocycles. The van der Waals surface area contributed by atoms with Gasteiger partial charge in [-0.1, -0.05) is 6.92 Å². The van der Waals surface area contributed by atoms with Gasteiger partial charge in [0, 0.05) is 12.1 Å². The molecule has 0 radical (unpaired) electrons. The molecule has 110 valence electrons. The van der Waals surface area contributed by atoms with Gasteiger partial charge in [0.2, 0.25) is 11.8 Å². The first-order valence-electron chi connectivity index (χ1n) is 7.12. The molecule has 1 heterocycles. The highest BCUT2D eigenvalue weighted by molar-refractivity contribution is 5.90. The van der Waals surface area contributed by atoms with Crippen LogP contribution in [-0.2, 0) is 9.59 Å². The molecule has 2 atom stereocenters. The lowest BCUT2D eigenvalue weighted by Gasteiger charge is -2.37. The van der Waals surface area contributed by atoms with Crippen molar-refractivity contribution >= 4 is 11.8 Å². The molecule has 1 fully saturated rings. The zero-order valence-electron chi connectivity index (χ0n) is 12.7. The number of amides is 2. The third-order valence-corrected chi connectivity index (χ3v) is 3.27. The molecule has 2 N–H and O–H groups in total. The van der Waals surface area contributed by atoms with Crippen molar-refractivity contribution in [2.75, 3.05) is 13.1 Å². The standard InChI is InChI=1S/C14H27N3O2/c1-6-15-11-8-7-9-17(13(11)19)10(2)12(18)16-14(3,4)5/h10-11,15H,6-9H2,1-5H3,(H,16,18). The zero-order valence-corrected chi connectivity index (χ0v) is 12.7. The molecule has 0 aromatic heterocycles. The second-order valence-corrected chi connectivity index (χ2v) is 6.20. The van der Waals surface area contributed by atoms with Crippen molar-refractivity contribution < 1.29 is 9.59 Å². The maximum Gasteiger partial charge on any atom is 0.242 e. The van der Waals surface area contributed by atoms with Crippen LogP contribution in [0.4, 0.5) is 0 Å². The van der Waals surface area contributed by atoms with Crippen molar-refractivity contribution in [1.82, 2.24) is 15.5 Å². The molecule has 1 rings (SSSR count). The Labute approximate surface area is 116 Å². The Hall–Kier alpha value is -1.10. The van der Waals surface area contributed by atoms with Crippen molar-refractivity contribution in [1.29, 1.82) is 0 Å². The van der Waals surface area contributed by atoms with Crippen LogP contribution >= 0.6 is 0 Å². The van der Waals surface area contributed by atoms with Crippen molar-refractivity contribution in [3.63, 3.8) is 0 Å². The molecule has 2 unspecified atom stereocenters. The second kappa shape index (κ2) is 6.37. The van der Waals surface area contributed by atoms with Crippen LogP contribution in [0.3, 0.4) is 0 Å². The Kier molecular flexibility index (Phi) is 5.35. The lowest BCUT2D eigenvalue weighted by molar-refractivity contribution is -0.144. The van der Waals surface area contributed by atoms with Gasteiger partial charge in [-0.25, -0.2) is 0 Å². The van der Waals surface area contributed by atoms with E-state index >= 15 is 0 Å². The molecule has 2 amide bonds. The predicted molar refractivity (Wildman–Crippen MR) is 75.8 cm³/mol. The number of hydrogen-bond donors (Lipinski definition) is 2. The van der Waals surface area contributed by atoms with E-state index in [1.54, 1.807) is 11.8 Å².